The lowest BCUT2D eigenvalue weighted by Gasteiger charge is -2.24. The zero-order valence-electron chi connectivity index (χ0n) is 17.4. The number of nitrogens with zero attached hydrogens (tertiary/aromatic N) is 1. The first-order valence-electron chi connectivity index (χ1n) is 10.1. The van der Waals surface area contributed by atoms with E-state index in [0.29, 0.717) is 34.2 Å². The van der Waals surface area contributed by atoms with E-state index in [1.54, 1.807) is 54.6 Å². The maximum atomic E-state index is 13.1. The highest BCUT2D eigenvalue weighted by molar-refractivity contribution is 6.51. The van der Waals surface area contributed by atoms with Crippen molar-refractivity contribution < 1.29 is 33.4 Å². The van der Waals surface area contributed by atoms with Crippen LogP contribution in [-0.2, 0) is 14.4 Å². The quantitative estimate of drug-likeness (QED) is 0.357. The standard InChI is InChI=1S/C24H18N2O7/c1-13(27)25-15-4-2-5-16(11-15)26-21(18-6-3-9-31-18)20(23(29)24(26)30)22(28)14-7-8-17-19(10-14)33-12-32-17/h2-11,21,28H,12H2,1H3,(H,25,27)/b22-20-. The van der Waals surface area contributed by atoms with E-state index < -0.39 is 17.7 Å². The van der Waals surface area contributed by atoms with Crippen LogP contribution in [0.4, 0.5) is 11.4 Å². The number of hydrogen-bond donors (Lipinski definition) is 2. The van der Waals surface area contributed by atoms with E-state index in [2.05, 4.69) is 5.32 Å². The van der Waals surface area contributed by atoms with Crippen LogP contribution >= 0.6 is 0 Å². The number of rotatable bonds is 4. The molecule has 0 aliphatic carbocycles. The van der Waals surface area contributed by atoms with Gasteiger partial charge in [0.25, 0.3) is 11.7 Å². The Balaban J connectivity index is 1.65. The first-order valence-corrected chi connectivity index (χ1v) is 10.1. The van der Waals surface area contributed by atoms with E-state index in [1.807, 2.05) is 0 Å². The number of Topliss-reactive ketones (excluding diaryl/α,β-unsaturated/α-hetero) is 1. The lowest BCUT2D eigenvalue weighted by atomic mass is 9.99. The van der Waals surface area contributed by atoms with Crippen molar-refractivity contribution in [1.29, 1.82) is 0 Å². The second kappa shape index (κ2) is 7.86. The van der Waals surface area contributed by atoms with Gasteiger partial charge in [-0.2, -0.15) is 0 Å². The van der Waals surface area contributed by atoms with E-state index in [9.17, 15) is 19.5 Å². The molecule has 2 aliphatic rings. The molecule has 5 rings (SSSR count). The molecular formula is C24H18N2O7. The van der Waals surface area contributed by atoms with E-state index in [1.165, 1.54) is 18.1 Å². The van der Waals surface area contributed by atoms with Crippen LogP contribution in [0.1, 0.15) is 24.3 Å². The summed E-state index contributed by atoms with van der Waals surface area (Å²) in [4.78, 5) is 39.0. The molecule has 0 saturated carbocycles. The number of carbonyl (C=O) groups excluding carboxylic acids is 3. The molecule has 1 atom stereocenters. The molecule has 1 fully saturated rings. The largest absolute Gasteiger partial charge is 0.507 e. The van der Waals surface area contributed by atoms with E-state index in [0.717, 1.165) is 0 Å². The van der Waals surface area contributed by atoms with Crippen molar-refractivity contribution >= 4 is 34.7 Å². The van der Waals surface area contributed by atoms with Crippen LogP contribution in [-0.4, -0.2) is 29.5 Å². The predicted molar refractivity (Wildman–Crippen MR) is 117 cm³/mol. The molecule has 1 saturated heterocycles. The van der Waals surface area contributed by atoms with Gasteiger partial charge in [0, 0.05) is 23.9 Å². The van der Waals surface area contributed by atoms with Gasteiger partial charge in [0.2, 0.25) is 12.7 Å². The van der Waals surface area contributed by atoms with Gasteiger partial charge in [-0.25, -0.2) is 0 Å². The van der Waals surface area contributed by atoms with Crippen molar-refractivity contribution in [1.82, 2.24) is 0 Å². The summed E-state index contributed by atoms with van der Waals surface area (Å²) in [6.45, 7) is 1.42. The van der Waals surface area contributed by atoms with Gasteiger partial charge < -0.3 is 24.3 Å². The molecule has 3 heterocycles. The summed E-state index contributed by atoms with van der Waals surface area (Å²) in [6, 6.07) is 13.5. The van der Waals surface area contributed by atoms with Gasteiger partial charge in [-0.1, -0.05) is 6.07 Å². The Morgan fingerprint density at radius 2 is 1.88 bits per heavy atom. The Hall–Kier alpha value is -4.53. The molecule has 0 radical (unpaired) electrons. The normalized spacial score (nSPS) is 18.6. The lowest BCUT2D eigenvalue weighted by molar-refractivity contribution is -0.132. The number of nitrogens with one attached hydrogen (secondary N) is 1. The summed E-state index contributed by atoms with van der Waals surface area (Å²) in [5, 5.41) is 13.8. The molecule has 1 unspecified atom stereocenters. The average Bonchev–Trinajstić information content (AvgIpc) is 3.53. The van der Waals surface area contributed by atoms with Crippen LogP contribution in [0.25, 0.3) is 5.76 Å². The summed E-state index contributed by atoms with van der Waals surface area (Å²) < 4.78 is 16.2. The number of fused-ring (bicyclic) bond motifs is 1. The number of ether oxygens (including phenoxy) is 2. The number of ketones is 1. The van der Waals surface area contributed by atoms with Crippen molar-refractivity contribution in [2.75, 3.05) is 17.0 Å². The van der Waals surface area contributed by atoms with Crippen molar-refractivity contribution in [3.8, 4) is 11.5 Å². The molecular weight excluding hydrogens is 428 g/mol. The first-order chi connectivity index (χ1) is 15.9. The number of aliphatic hydroxyl groups excluding tert-OH is 1. The van der Waals surface area contributed by atoms with Crippen LogP contribution in [0, 0.1) is 0 Å². The second-order valence-corrected chi connectivity index (χ2v) is 7.48. The van der Waals surface area contributed by atoms with Crippen LogP contribution < -0.4 is 19.7 Å². The smallest absolute Gasteiger partial charge is 0.300 e. The first kappa shape index (κ1) is 20.4. The lowest BCUT2D eigenvalue weighted by Crippen LogP contribution is -2.29. The van der Waals surface area contributed by atoms with Gasteiger partial charge in [-0.05, 0) is 48.5 Å². The van der Waals surface area contributed by atoms with Gasteiger partial charge >= 0.3 is 0 Å². The average molecular weight is 446 g/mol. The summed E-state index contributed by atoms with van der Waals surface area (Å²) in [5.74, 6) is -1.11. The Kier molecular flexibility index (Phi) is 4.86. The monoisotopic (exact) mass is 446 g/mol. The molecule has 166 valence electrons. The number of carbonyl (C=O) groups is 3. The fraction of sp³-hybridized carbons (Fsp3) is 0.125. The fourth-order valence-electron chi connectivity index (χ4n) is 3.95. The maximum Gasteiger partial charge on any atom is 0.300 e. The number of benzene rings is 2. The van der Waals surface area contributed by atoms with Crippen LogP contribution in [0.15, 0.2) is 70.9 Å². The molecule has 2 aromatic carbocycles. The van der Waals surface area contributed by atoms with E-state index in [4.69, 9.17) is 13.9 Å². The van der Waals surface area contributed by atoms with Crippen LogP contribution in [0.2, 0.25) is 0 Å². The van der Waals surface area contributed by atoms with Gasteiger partial charge in [0.05, 0.1) is 11.8 Å². The van der Waals surface area contributed by atoms with Crippen molar-refractivity contribution in [2.45, 2.75) is 13.0 Å². The molecule has 3 aromatic rings. The Morgan fingerprint density at radius 3 is 2.64 bits per heavy atom. The number of amides is 2. The van der Waals surface area contributed by atoms with Gasteiger partial charge in [-0.15, -0.1) is 0 Å². The Morgan fingerprint density at radius 1 is 1.06 bits per heavy atom. The minimum absolute atomic E-state index is 0.0565. The van der Waals surface area contributed by atoms with Gasteiger partial charge in [0.1, 0.15) is 17.6 Å². The number of furan rings is 1. The zero-order valence-corrected chi connectivity index (χ0v) is 17.4. The third-order valence-corrected chi connectivity index (χ3v) is 5.35. The molecule has 2 N–H and O–H groups in total. The summed E-state index contributed by atoms with van der Waals surface area (Å²) in [7, 11) is 0. The van der Waals surface area contributed by atoms with Gasteiger partial charge in [-0.3, -0.25) is 19.3 Å². The Labute approximate surface area is 187 Å². The molecule has 33 heavy (non-hydrogen) atoms. The molecule has 9 nitrogen and oxygen atoms in total. The minimum atomic E-state index is -1.02. The molecule has 1 aromatic heterocycles. The van der Waals surface area contributed by atoms with Gasteiger partial charge in [0.15, 0.2) is 11.5 Å². The number of anilines is 2. The third kappa shape index (κ3) is 3.49. The predicted octanol–water partition coefficient (Wildman–Crippen LogP) is 3.59. The highest BCUT2D eigenvalue weighted by Crippen LogP contribution is 2.43. The molecule has 0 bridgehead atoms. The van der Waals surface area contributed by atoms with Crippen molar-refractivity contribution in [3.63, 3.8) is 0 Å². The zero-order chi connectivity index (χ0) is 23.1. The minimum Gasteiger partial charge on any atom is -0.507 e. The van der Waals surface area contributed by atoms with Crippen LogP contribution in [0.3, 0.4) is 0 Å². The molecule has 2 amide bonds. The highest BCUT2D eigenvalue weighted by atomic mass is 16.7. The Bertz CT molecular complexity index is 1310. The highest BCUT2D eigenvalue weighted by Gasteiger charge is 2.48. The molecule has 2 aliphatic heterocycles. The number of aliphatic hydroxyl groups is 1. The second-order valence-electron chi connectivity index (χ2n) is 7.48. The van der Waals surface area contributed by atoms with Crippen molar-refractivity contribution in [3.05, 3.63) is 77.8 Å². The van der Waals surface area contributed by atoms with Crippen LogP contribution in [0.5, 0.6) is 11.5 Å². The topological polar surface area (TPSA) is 118 Å². The fourth-order valence-corrected chi connectivity index (χ4v) is 3.95. The van der Waals surface area contributed by atoms with Crippen molar-refractivity contribution in [2.24, 2.45) is 0 Å². The third-order valence-electron chi connectivity index (χ3n) is 5.35. The van der Waals surface area contributed by atoms with E-state index in [-0.39, 0.29) is 24.0 Å². The SMILES string of the molecule is CC(=O)Nc1cccc(N2C(=O)C(=O)/C(=C(\O)c3ccc4c(c3)OCO4)C2c2ccco2)c1. The summed E-state index contributed by atoms with van der Waals surface area (Å²) in [5.41, 5.74) is 0.977. The molecule has 0 spiro atoms. The number of hydrogen-bond acceptors (Lipinski definition) is 7. The van der Waals surface area contributed by atoms with E-state index >= 15 is 0 Å². The maximum absolute atomic E-state index is 13.1. The summed E-state index contributed by atoms with van der Waals surface area (Å²) >= 11 is 0. The summed E-state index contributed by atoms with van der Waals surface area (Å²) in [6.07, 6.45) is 1.42. The molecule has 9 heteroatoms.